The van der Waals surface area contributed by atoms with E-state index in [1.54, 1.807) is 6.20 Å². The fourth-order valence-electron chi connectivity index (χ4n) is 4.90. The van der Waals surface area contributed by atoms with Crippen LogP contribution in [0.25, 0.3) is 44.9 Å². The Morgan fingerprint density at radius 3 is 2.41 bits per heavy atom. The first-order valence-electron chi connectivity index (χ1n) is 12.0. The van der Waals surface area contributed by atoms with Crippen molar-refractivity contribution in [3.63, 3.8) is 0 Å². The van der Waals surface area contributed by atoms with Crippen LogP contribution in [0.3, 0.4) is 0 Å². The second-order valence-electron chi connectivity index (χ2n) is 9.08. The van der Waals surface area contributed by atoms with Gasteiger partial charge in [-0.2, -0.15) is 4.98 Å². The van der Waals surface area contributed by atoms with Crippen LogP contribution in [0.2, 0.25) is 5.02 Å². The molecule has 2 saturated heterocycles. The summed E-state index contributed by atoms with van der Waals surface area (Å²) in [7, 11) is 0. The van der Waals surface area contributed by atoms with Gasteiger partial charge in [0.2, 0.25) is 0 Å². The predicted octanol–water partition coefficient (Wildman–Crippen LogP) is 4.83. The Hall–Kier alpha value is -3.92. The SMILES string of the molecule is O=c1[nH]cc(-c2ccc(-c3ccc(-c4nc5nc(OC6CO[C@@H]7CCO[C@H]67)[nH]c5cc4Cl)cc3)cc2)o1. The molecule has 2 N–H and O–H groups in total. The minimum absolute atomic E-state index is 0.0654. The Kier molecular flexibility index (Phi) is 5.35. The average molecular weight is 517 g/mol. The van der Waals surface area contributed by atoms with Gasteiger partial charge in [-0.1, -0.05) is 60.1 Å². The summed E-state index contributed by atoms with van der Waals surface area (Å²) in [4.78, 5) is 26.1. The topological polar surface area (TPSA) is 115 Å². The molecule has 186 valence electrons. The van der Waals surface area contributed by atoms with Crippen molar-refractivity contribution >= 4 is 22.8 Å². The van der Waals surface area contributed by atoms with E-state index in [2.05, 4.69) is 15.0 Å². The Morgan fingerprint density at radius 2 is 1.68 bits per heavy atom. The number of nitrogens with zero attached hydrogens (tertiary/aromatic N) is 2. The highest BCUT2D eigenvalue weighted by molar-refractivity contribution is 6.33. The molecule has 2 aliphatic rings. The highest BCUT2D eigenvalue weighted by Gasteiger charge is 2.43. The van der Waals surface area contributed by atoms with Crippen LogP contribution >= 0.6 is 11.6 Å². The molecular formula is C27H21ClN4O5. The van der Waals surface area contributed by atoms with E-state index in [0.29, 0.717) is 46.9 Å². The molecule has 0 saturated carbocycles. The van der Waals surface area contributed by atoms with E-state index in [-0.39, 0.29) is 18.3 Å². The van der Waals surface area contributed by atoms with E-state index in [1.165, 1.54) is 0 Å². The van der Waals surface area contributed by atoms with Crippen LogP contribution < -0.4 is 10.5 Å². The molecule has 0 amide bonds. The van der Waals surface area contributed by atoms with Crippen molar-refractivity contribution < 1.29 is 18.6 Å². The molecule has 10 heteroatoms. The largest absolute Gasteiger partial charge is 0.456 e. The molecule has 3 aromatic heterocycles. The molecule has 3 atom stereocenters. The monoisotopic (exact) mass is 516 g/mol. The number of H-pyrrole nitrogens is 2. The summed E-state index contributed by atoms with van der Waals surface area (Å²) in [5, 5.41) is 0.510. The predicted molar refractivity (Wildman–Crippen MR) is 137 cm³/mol. The highest BCUT2D eigenvalue weighted by Crippen LogP contribution is 2.33. The van der Waals surface area contributed by atoms with E-state index in [9.17, 15) is 4.79 Å². The van der Waals surface area contributed by atoms with Crippen LogP contribution in [-0.4, -0.2) is 51.5 Å². The van der Waals surface area contributed by atoms with Gasteiger partial charge >= 0.3 is 5.76 Å². The van der Waals surface area contributed by atoms with Gasteiger partial charge in [-0.15, -0.1) is 0 Å². The summed E-state index contributed by atoms with van der Waals surface area (Å²) in [5.74, 6) is 0.0292. The fraction of sp³-hybridized carbons (Fsp3) is 0.222. The van der Waals surface area contributed by atoms with Crippen LogP contribution in [0.15, 0.2) is 70.0 Å². The summed E-state index contributed by atoms with van der Waals surface area (Å²) >= 11 is 6.60. The number of aromatic amines is 2. The van der Waals surface area contributed by atoms with Crippen molar-refractivity contribution in [3.05, 3.63) is 76.4 Å². The van der Waals surface area contributed by atoms with Crippen LogP contribution in [0.4, 0.5) is 0 Å². The maximum Gasteiger partial charge on any atom is 0.416 e. The lowest BCUT2D eigenvalue weighted by molar-refractivity contribution is 0.0273. The van der Waals surface area contributed by atoms with Gasteiger partial charge in [0.25, 0.3) is 6.01 Å². The maximum atomic E-state index is 11.2. The van der Waals surface area contributed by atoms with Crippen LogP contribution in [0, 0.1) is 0 Å². The zero-order valence-corrected chi connectivity index (χ0v) is 20.2. The number of hydrogen-bond donors (Lipinski definition) is 2. The van der Waals surface area contributed by atoms with Crippen LogP contribution in [-0.2, 0) is 9.47 Å². The standard InChI is InChI=1S/C27H21ClN4O5/c28-18-11-19-25(32-26(30-19)36-22-13-35-20-9-10-34-24(20)22)31-23(18)17-7-3-15(4-8-17)14-1-5-16(6-2-14)21-12-29-27(33)37-21/h1-8,11-12,20,22,24H,9-10,13H2,(H,29,33)(H,30,31,32)/t20-,22?,24+/m1/s1. The number of imidazole rings is 1. The van der Waals surface area contributed by atoms with Crippen molar-refractivity contribution in [2.45, 2.75) is 24.7 Å². The molecule has 0 bridgehead atoms. The molecule has 0 spiro atoms. The first-order valence-corrected chi connectivity index (χ1v) is 12.3. The molecule has 2 aromatic carbocycles. The Bertz CT molecular complexity index is 1640. The third kappa shape index (κ3) is 4.11. The molecule has 1 unspecified atom stereocenters. The molecule has 37 heavy (non-hydrogen) atoms. The summed E-state index contributed by atoms with van der Waals surface area (Å²) in [6.45, 7) is 1.16. The van der Waals surface area contributed by atoms with Gasteiger partial charge in [0.1, 0.15) is 6.10 Å². The molecule has 5 heterocycles. The van der Waals surface area contributed by atoms with E-state index in [0.717, 1.165) is 28.7 Å². The minimum atomic E-state index is -0.473. The molecule has 7 rings (SSSR count). The normalized spacial score (nSPS) is 20.9. The summed E-state index contributed by atoms with van der Waals surface area (Å²) < 4.78 is 22.7. The number of oxazole rings is 1. The van der Waals surface area contributed by atoms with Crippen molar-refractivity contribution in [2.75, 3.05) is 13.2 Å². The number of ether oxygens (including phenoxy) is 3. The van der Waals surface area contributed by atoms with Gasteiger partial charge in [0.05, 0.1) is 35.1 Å². The van der Waals surface area contributed by atoms with Crippen molar-refractivity contribution in [1.29, 1.82) is 0 Å². The average Bonchev–Trinajstić information content (AvgIpc) is 3.70. The number of hydrogen-bond acceptors (Lipinski definition) is 7. The van der Waals surface area contributed by atoms with E-state index < -0.39 is 5.76 Å². The van der Waals surface area contributed by atoms with Gasteiger partial charge in [-0.25, -0.2) is 9.78 Å². The number of rotatable bonds is 5. The lowest BCUT2D eigenvalue weighted by Gasteiger charge is -2.15. The van der Waals surface area contributed by atoms with Crippen molar-refractivity contribution in [2.24, 2.45) is 0 Å². The zero-order valence-electron chi connectivity index (χ0n) is 19.4. The number of fused-ring (bicyclic) bond motifs is 2. The zero-order chi connectivity index (χ0) is 24.9. The Morgan fingerprint density at radius 1 is 0.946 bits per heavy atom. The molecule has 0 aliphatic carbocycles. The van der Waals surface area contributed by atoms with E-state index in [4.69, 9.17) is 35.2 Å². The number of aromatic nitrogens is 4. The number of nitrogens with one attached hydrogen (secondary N) is 2. The van der Waals surface area contributed by atoms with Crippen molar-refractivity contribution in [1.82, 2.24) is 19.9 Å². The van der Waals surface area contributed by atoms with E-state index >= 15 is 0 Å². The lowest BCUT2D eigenvalue weighted by atomic mass is 10.0. The van der Waals surface area contributed by atoms with Gasteiger partial charge in [-0.05, 0) is 23.6 Å². The van der Waals surface area contributed by atoms with Crippen LogP contribution in [0.1, 0.15) is 6.42 Å². The Labute approximate surface area is 215 Å². The lowest BCUT2D eigenvalue weighted by Crippen LogP contribution is -2.32. The third-order valence-electron chi connectivity index (χ3n) is 6.77. The molecule has 2 fully saturated rings. The quantitative estimate of drug-likeness (QED) is 0.344. The van der Waals surface area contributed by atoms with Gasteiger partial charge < -0.3 is 23.6 Å². The summed E-state index contributed by atoms with van der Waals surface area (Å²) in [5.41, 5.74) is 5.61. The molecule has 5 aromatic rings. The summed E-state index contributed by atoms with van der Waals surface area (Å²) in [6, 6.07) is 18.0. The Balaban J connectivity index is 1.12. The molecule has 0 radical (unpaired) electrons. The number of benzene rings is 2. The first kappa shape index (κ1) is 22.3. The fourth-order valence-corrected chi connectivity index (χ4v) is 5.16. The van der Waals surface area contributed by atoms with Gasteiger partial charge in [-0.3, -0.25) is 4.98 Å². The maximum absolute atomic E-state index is 11.2. The highest BCUT2D eigenvalue weighted by atomic mass is 35.5. The second kappa shape index (κ2) is 8.88. The summed E-state index contributed by atoms with van der Waals surface area (Å²) in [6.07, 6.45) is 2.27. The first-order chi connectivity index (χ1) is 18.1. The second-order valence-corrected chi connectivity index (χ2v) is 9.49. The number of halogens is 1. The van der Waals surface area contributed by atoms with E-state index in [1.807, 2.05) is 54.6 Å². The van der Waals surface area contributed by atoms with Gasteiger partial charge in [0, 0.05) is 17.7 Å². The third-order valence-corrected chi connectivity index (χ3v) is 7.06. The number of pyridine rings is 1. The molecule has 2 aliphatic heterocycles. The van der Waals surface area contributed by atoms with Gasteiger partial charge in [0.15, 0.2) is 17.5 Å². The van der Waals surface area contributed by atoms with Crippen molar-refractivity contribution in [3.8, 4) is 39.7 Å². The van der Waals surface area contributed by atoms with Crippen LogP contribution in [0.5, 0.6) is 6.01 Å². The molecular weight excluding hydrogens is 496 g/mol. The molecule has 9 nitrogen and oxygen atoms in total. The minimum Gasteiger partial charge on any atom is -0.456 e. The smallest absolute Gasteiger partial charge is 0.416 e.